The summed E-state index contributed by atoms with van der Waals surface area (Å²) < 4.78 is 0. The summed E-state index contributed by atoms with van der Waals surface area (Å²) in [6, 6.07) is 0. The standard InChI is InChI=1S/C17H31N3S/c1-4-6-15-7-5-9-20(10-8-15)17-19-13-16(21-17)12-18-11-14(2)3/h13-15,18H,4-12H2,1-3H3. The van der Waals surface area contributed by atoms with Crippen LogP contribution in [0.3, 0.4) is 0 Å². The SMILES string of the molecule is CCCC1CCCN(c2ncc(CNCC(C)C)s2)CC1. The lowest BCUT2D eigenvalue weighted by atomic mass is 9.96. The molecule has 2 heterocycles. The molecule has 0 saturated carbocycles. The van der Waals surface area contributed by atoms with Crippen molar-refractivity contribution < 1.29 is 0 Å². The van der Waals surface area contributed by atoms with Crippen molar-refractivity contribution in [3.8, 4) is 0 Å². The van der Waals surface area contributed by atoms with Crippen LogP contribution in [0.15, 0.2) is 6.20 Å². The highest BCUT2D eigenvalue weighted by molar-refractivity contribution is 7.15. The molecule has 1 saturated heterocycles. The van der Waals surface area contributed by atoms with Crippen LogP contribution in [0.25, 0.3) is 0 Å². The van der Waals surface area contributed by atoms with E-state index in [0.717, 1.165) is 19.0 Å². The summed E-state index contributed by atoms with van der Waals surface area (Å²) in [4.78, 5) is 8.52. The lowest BCUT2D eigenvalue weighted by Crippen LogP contribution is -2.23. The maximum Gasteiger partial charge on any atom is 0.185 e. The van der Waals surface area contributed by atoms with Crippen LogP contribution in [0.2, 0.25) is 0 Å². The van der Waals surface area contributed by atoms with Gasteiger partial charge in [0.25, 0.3) is 0 Å². The molecule has 1 aromatic rings. The van der Waals surface area contributed by atoms with Gasteiger partial charge in [0.1, 0.15) is 0 Å². The summed E-state index contributed by atoms with van der Waals surface area (Å²) in [6.07, 6.45) is 8.85. The van der Waals surface area contributed by atoms with E-state index in [4.69, 9.17) is 0 Å². The lowest BCUT2D eigenvalue weighted by Gasteiger charge is -2.19. The van der Waals surface area contributed by atoms with Gasteiger partial charge in [0, 0.05) is 30.7 Å². The minimum absolute atomic E-state index is 0.707. The summed E-state index contributed by atoms with van der Waals surface area (Å²) in [5.74, 6) is 1.64. The van der Waals surface area contributed by atoms with Gasteiger partial charge in [-0.05, 0) is 37.6 Å². The summed E-state index contributed by atoms with van der Waals surface area (Å²) in [5, 5.41) is 4.74. The third-order valence-electron chi connectivity index (χ3n) is 4.21. The van der Waals surface area contributed by atoms with Crippen LogP contribution in [-0.4, -0.2) is 24.6 Å². The first-order chi connectivity index (χ1) is 10.2. The largest absolute Gasteiger partial charge is 0.348 e. The summed E-state index contributed by atoms with van der Waals surface area (Å²) in [5.41, 5.74) is 0. The molecule has 1 aromatic heterocycles. The number of nitrogens with one attached hydrogen (secondary N) is 1. The molecule has 0 aromatic carbocycles. The van der Waals surface area contributed by atoms with E-state index < -0.39 is 0 Å². The molecule has 1 unspecified atom stereocenters. The van der Waals surface area contributed by atoms with Crippen LogP contribution in [0.5, 0.6) is 0 Å². The summed E-state index contributed by atoms with van der Waals surface area (Å²) >= 11 is 1.87. The predicted octanol–water partition coefficient (Wildman–Crippen LogP) is 4.30. The van der Waals surface area contributed by atoms with Gasteiger partial charge in [-0.3, -0.25) is 0 Å². The fourth-order valence-corrected chi connectivity index (χ4v) is 3.99. The second-order valence-electron chi connectivity index (χ2n) is 6.71. The number of thiazole rings is 1. The van der Waals surface area contributed by atoms with Gasteiger partial charge < -0.3 is 10.2 Å². The maximum atomic E-state index is 4.65. The molecule has 21 heavy (non-hydrogen) atoms. The number of rotatable bonds is 7. The van der Waals surface area contributed by atoms with E-state index in [9.17, 15) is 0 Å². The number of hydrogen-bond donors (Lipinski definition) is 1. The Hall–Kier alpha value is -0.610. The number of nitrogens with zero attached hydrogens (tertiary/aromatic N) is 2. The topological polar surface area (TPSA) is 28.2 Å². The van der Waals surface area contributed by atoms with E-state index in [2.05, 4.69) is 42.2 Å². The molecule has 4 heteroatoms. The first-order valence-corrected chi connectivity index (χ1v) is 9.41. The second kappa shape index (κ2) is 8.74. The molecule has 2 rings (SSSR count). The number of anilines is 1. The zero-order valence-electron chi connectivity index (χ0n) is 13.9. The van der Waals surface area contributed by atoms with Crippen molar-refractivity contribution in [3.05, 3.63) is 11.1 Å². The van der Waals surface area contributed by atoms with Crippen molar-refractivity contribution in [2.45, 2.75) is 59.4 Å². The van der Waals surface area contributed by atoms with Crippen LogP contribution in [0, 0.1) is 11.8 Å². The van der Waals surface area contributed by atoms with Crippen LogP contribution in [0.1, 0.15) is 57.8 Å². The molecular weight excluding hydrogens is 278 g/mol. The Bertz CT molecular complexity index is 402. The Labute approximate surface area is 134 Å². The summed E-state index contributed by atoms with van der Waals surface area (Å²) in [6.45, 7) is 11.2. The first kappa shape index (κ1) is 16.8. The molecule has 1 aliphatic heterocycles. The second-order valence-corrected chi connectivity index (χ2v) is 7.80. The van der Waals surface area contributed by atoms with E-state index in [1.165, 1.54) is 55.2 Å². The van der Waals surface area contributed by atoms with Crippen molar-refractivity contribution in [1.82, 2.24) is 10.3 Å². The molecule has 3 nitrogen and oxygen atoms in total. The molecule has 1 fully saturated rings. The first-order valence-electron chi connectivity index (χ1n) is 8.59. The number of aromatic nitrogens is 1. The Kier molecular flexibility index (Phi) is 6.97. The average Bonchev–Trinajstić information content (AvgIpc) is 2.78. The van der Waals surface area contributed by atoms with Gasteiger partial charge >= 0.3 is 0 Å². The van der Waals surface area contributed by atoms with Crippen molar-refractivity contribution in [1.29, 1.82) is 0 Å². The lowest BCUT2D eigenvalue weighted by molar-refractivity contribution is 0.435. The van der Waals surface area contributed by atoms with Crippen molar-refractivity contribution >= 4 is 16.5 Å². The van der Waals surface area contributed by atoms with Gasteiger partial charge in [-0.1, -0.05) is 33.6 Å². The van der Waals surface area contributed by atoms with Gasteiger partial charge in [0.2, 0.25) is 0 Å². The molecule has 1 N–H and O–H groups in total. The Balaban J connectivity index is 1.83. The molecule has 0 spiro atoms. The molecule has 0 aliphatic carbocycles. The Morgan fingerprint density at radius 1 is 1.38 bits per heavy atom. The third kappa shape index (κ3) is 5.59. The van der Waals surface area contributed by atoms with Crippen molar-refractivity contribution in [3.63, 3.8) is 0 Å². The molecule has 1 atom stereocenters. The van der Waals surface area contributed by atoms with E-state index in [1.54, 1.807) is 0 Å². The normalized spacial score (nSPS) is 20.0. The smallest absolute Gasteiger partial charge is 0.185 e. The fraction of sp³-hybridized carbons (Fsp3) is 0.824. The van der Waals surface area contributed by atoms with Gasteiger partial charge in [0.05, 0.1) is 0 Å². The molecule has 1 aliphatic rings. The van der Waals surface area contributed by atoms with Gasteiger partial charge in [-0.25, -0.2) is 4.98 Å². The molecule has 0 bridgehead atoms. The van der Waals surface area contributed by atoms with Gasteiger partial charge in [-0.2, -0.15) is 0 Å². The Morgan fingerprint density at radius 3 is 3.00 bits per heavy atom. The van der Waals surface area contributed by atoms with E-state index in [1.807, 2.05) is 11.3 Å². The van der Waals surface area contributed by atoms with E-state index in [-0.39, 0.29) is 0 Å². The zero-order chi connectivity index (χ0) is 15.1. The Morgan fingerprint density at radius 2 is 2.24 bits per heavy atom. The minimum atomic E-state index is 0.707. The molecular formula is C17H31N3S. The molecule has 120 valence electrons. The molecule has 0 radical (unpaired) electrons. The number of hydrogen-bond acceptors (Lipinski definition) is 4. The zero-order valence-corrected chi connectivity index (χ0v) is 14.7. The quantitative estimate of drug-likeness (QED) is 0.814. The highest BCUT2D eigenvalue weighted by Crippen LogP contribution is 2.28. The minimum Gasteiger partial charge on any atom is -0.348 e. The maximum absolute atomic E-state index is 4.65. The highest BCUT2D eigenvalue weighted by Gasteiger charge is 2.18. The van der Waals surface area contributed by atoms with Crippen molar-refractivity contribution in [2.24, 2.45) is 11.8 Å². The van der Waals surface area contributed by atoms with Crippen LogP contribution < -0.4 is 10.2 Å². The van der Waals surface area contributed by atoms with E-state index >= 15 is 0 Å². The van der Waals surface area contributed by atoms with Crippen LogP contribution in [-0.2, 0) is 6.54 Å². The van der Waals surface area contributed by atoms with Gasteiger partial charge in [0.15, 0.2) is 5.13 Å². The fourth-order valence-electron chi connectivity index (χ4n) is 3.06. The van der Waals surface area contributed by atoms with Gasteiger partial charge in [-0.15, -0.1) is 11.3 Å². The third-order valence-corrected chi connectivity index (χ3v) is 5.27. The average molecular weight is 310 g/mol. The van der Waals surface area contributed by atoms with Crippen LogP contribution >= 0.6 is 11.3 Å². The highest BCUT2D eigenvalue weighted by atomic mass is 32.1. The van der Waals surface area contributed by atoms with E-state index in [0.29, 0.717) is 5.92 Å². The summed E-state index contributed by atoms with van der Waals surface area (Å²) in [7, 11) is 0. The molecule has 0 amide bonds. The predicted molar refractivity (Wildman–Crippen MR) is 93.1 cm³/mol. The van der Waals surface area contributed by atoms with Crippen molar-refractivity contribution in [2.75, 3.05) is 24.5 Å². The van der Waals surface area contributed by atoms with Crippen LogP contribution in [0.4, 0.5) is 5.13 Å². The monoisotopic (exact) mass is 309 g/mol.